The van der Waals surface area contributed by atoms with Crippen LogP contribution in [0.15, 0.2) is 30.3 Å². The molecule has 1 unspecified atom stereocenters. The van der Waals surface area contributed by atoms with Gasteiger partial charge in [0.05, 0.1) is 24.3 Å². The van der Waals surface area contributed by atoms with Gasteiger partial charge in [0.25, 0.3) is 5.91 Å². The van der Waals surface area contributed by atoms with Crippen LogP contribution in [0.3, 0.4) is 0 Å². The number of amides is 2. The zero-order chi connectivity index (χ0) is 18.8. The van der Waals surface area contributed by atoms with E-state index in [4.69, 9.17) is 4.74 Å². The number of methoxy groups -OCH3 is 1. The van der Waals surface area contributed by atoms with Crippen LogP contribution < -0.4 is 15.4 Å². The molecule has 1 heterocycles. The van der Waals surface area contributed by atoms with Crippen molar-refractivity contribution in [3.8, 4) is 5.75 Å². The Bertz CT molecular complexity index is 886. The van der Waals surface area contributed by atoms with Crippen LogP contribution in [0.2, 0.25) is 0 Å². The second-order valence-corrected chi connectivity index (χ2v) is 5.76. The average molecular weight is 362 g/mol. The molecule has 0 radical (unpaired) electrons. The van der Waals surface area contributed by atoms with Crippen LogP contribution in [-0.4, -0.2) is 25.7 Å². The quantitative estimate of drug-likeness (QED) is 0.878. The van der Waals surface area contributed by atoms with Gasteiger partial charge in [-0.15, -0.1) is 0 Å². The molecule has 2 amide bonds. The van der Waals surface area contributed by atoms with Gasteiger partial charge in [-0.2, -0.15) is 0 Å². The van der Waals surface area contributed by atoms with E-state index < -0.39 is 23.9 Å². The van der Waals surface area contributed by atoms with Crippen molar-refractivity contribution in [2.24, 2.45) is 0 Å². The smallest absolute Gasteiger partial charge is 0.407 e. The number of fused-ring (bicyclic) bond motifs is 1. The van der Waals surface area contributed by atoms with E-state index in [-0.39, 0.29) is 29.3 Å². The number of hydrogen-bond acceptors (Lipinski definition) is 4. The summed E-state index contributed by atoms with van der Waals surface area (Å²) < 4.78 is 37.5. The van der Waals surface area contributed by atoms with Crippen molar-refractivity contribution in [2.75, 3.05) is 19.0 Å². The molecule has 6 nitrogen and oxygen atoms in total. The molecule has 8 heteroatoms. The summed E-state index contributed by atoms with van der Waals surface area (Å²) >= 11 is 0. The summed E-state index contributed by atoms with van der Waals surface area (Å²) in [5.74, 6) is -1.47. The van der Waals surface area contributed by atoms with Gasteiger partial charge in [0.1, 0.15) is 24.0 Å². The fraction of sp³-hybridized carbons (Fsp3) is 0.222. The number of nitrogens with one attached hydrogen (secondary N) is 2. The number of ether oxygens (including phenoxy) is 2. The predicted molar refractivity (Wildman–Crippen MR) is 89.3 cm³/mol. The molecule has 3 rings (SSSR count). The highest BCUT2D eigenvalue weighted by atomic mass is 19.1. The van der Waals surface area contributed by atoms with Gasteiger partial charge in [-0.1, -0.05) is 0 Å². The van der Waals surface area contributed by atoms with Crippen molar-refractivity contribution in [3.05, 3.63) is 58.7 Å². The Morgan fingerprint density at radius 2 is 1.92 bits per heavy atom. The molecule has 1 aliphatic rings. The molecule has 0 aliphatic carbocycles. The Hall–Kier alpha value is -3.16. The molecule has 2 aromatic rings. The first-order valence-electron chi connectivity index (χ1n) is 7.78. The monoisotopic (exact) mass is 362 g/mol. The van der Waals surface area contributed by atoms with Crippen molar-refractivity contribution >= 4 is 17.7 Å². The number of rotatable bonds is 3. The standard InChI is InChI=1S/C18H16F2N2O4/c1-9-7-10(3-5-12(9)19)21-17(23)11-4-6-13(20)15-14(8-26-16(11)15)22-18(24)25-2/h3-7,14H,8H2,1-2H3,(H,21,23)(H,22,24). The summed E-state index contributed by atoms with van der Waals surface area (Å²) in [4.78, 5) is 23.9. The van der Waals surface area contributed by atoms with Crippen LogP contribution in [0.5, 0.6) is 5.75 Å². The molecular formula is C18H16F2N2O4. The van der Waals surface area contributed by atoms with Gasteiger partial charge in [0.2, 0.25) is 0 Å². The van der Waals surface area contributed by atoms with E-state index in [0.717, 1.165) is 6.07 Å². The summed E-state index contributed by atoms with van der Waals surface area (Å²) in [5, 5.41) is 5.08. The van der Waals surface area contributed by atoms with Crippen LogP contribution in [0, 0.1) is 18.6 Å². The molecule has 0 spiro atoms. The molecule has 2 aromatic carbocycles. The summed E-state index contributed by atoms with van der Waals surface area (Å²) in [6.45, 7) is 1.55. The van der Waals surface area contributed by atoms with Crippen molar-refractivity contribution < 1.29 is 27.8 Å². The van der Waals surface area contributed by atoms with E-state index in [1.54, 1.807) is 6.92 Å². The number of anilines is 1. The normalized spacial score (nSPS) is 15.0. The van der Waals surface area contributed by atoms with Crippen LogP contribution in [0.25, 0.3) is 0 Å². The van der Waals surface area contributed by atoms with E-state index in [1.165, 1.54) is 31.4 Å². The lowest BCUT2D eigenvalue weighted by Gasteiger charge is -2.12. The van der Waals surface area contributed by atoms with Gasteiger partial charge < -0.3 is 20.1 Å². The van der Waals surface area contributed by atoms with Crippen molar-refractivity contribution in [2.45, 2.75) is 13.0 Å². The lowest BCUT2D eigenvalue weighted by atomic mass is 10.0. The Balaban J connectivity index is 1.88. The Kier molecular flexibility index (Phi) is 4.75. The van der Waals surface area contributed by atoms with Crippen LogP contribution >= 0.6 is 0 Å². The summed E-state index contributed by atoms with van der Waals surface area (Å²) in [6.07, 6.45) is -0.734. The largest absolute Gasteiger partial charge is 0.490 e. The number of carbonyl (C=O) groups is 2. The highest BCUT2D eigenvalue weighted by Crippen LogP contribution is 2.38. The fourth-order valence-electron chi connectivity index (χ4n) is 2.72. The second kappa shape index (κ2) is 6.99. The van der Waals surface area contributed by atoms with Crippen molar-refractivity contribution in [3.63, 3.8) is 0 Å². The third-order valence-electron chi connectivity index (χ3n) is 4.02. The average Bonchev–Trinajstić information content (AvgIpc) is 3.02. The number of benzene rings is 2. The highest BCUT2D eigenvalue weighted by Gasteiger charge is 2.33. The fourth-order valence-corrected chi connectivity index (χ4v) is 2.72. The minimum atomic E-state index is -0.765. The number of carbonyl (C=O) groups excluding carboxylic acids is 2. The first-order chi connectivity index (χ1) is 12.4. The molecule has 1 atom stereocenters. The Labute approximate surface area is 148 Å². The third kappa shape index (κ3) is 3.30. The summed E-state index contributed by atoms with van der Waals surface area (Å²) in [5.41, 5.74) is 0.968. The van der Waals surface area contributed by atoms with Gasteiger partial charge in [0.15, 0.2) is 0 Å². The summed E-state index contributed by atoms with van der Waals surface area (Å²) in [6, 6.07) is 5.81. The molecule has 1 aliphatic heterocycles. The van der Waals surface area contributed by atoms with E-state index in [0.29, 0.717) is 11.3 Å². The molecule has 0 aromatic heterocycles. The van der Waals surface area contributed by atoms with Gasteiger partial charge in [-0.25, -0.2) is 13.6 Å². The Morgan fingerprint density at radius 1 is 1.19 bits per heavy atom. The molecule has 2 N–H and O–H groups in total. The van der Waals surface area contributed by atoms with Gasteiger partial charge >= 0.3 is 6.09 Å². The zero-order valence-electron chi connectivity index (χ0n) is 14.1. The van der Waals surface area contributed by atoms with Crippen LogP contribution in [0.1, 0.15) is 27.5 Å². The molecule has 136 valence electrons. The third-order valence-corrected chi connectivity index (χ3v) is 4.02. The first-order valence-corrected chi connectivity index (χ1v) is 7.78. The van der Waals surface area contributed by atoms with E-state index >= 15 is 0 Å². The minimum Gasteiger partial charge on any atom is -0.490 e. The maximum atomic E-state index is 14.2. The lowest BCUT2D eigenvalue weighted by molar-refractivity contribution is 0.102. The molecular weight excluding hydrogens is 346 g/mol. The van der Waals surface area contributed by atoms with E-state index in [9.17, 15) is 18.4 Å². The maximum absolute atomic E-state index is 14.2. The second-order valence-electron chi connectivity index (χ2n) is 5.76. The molecule has 26 heavy (non-hydrogen) atoms. The van der Waals surface area contributed by atoms with Gasteiger partial charge in [-0.3, -0.25) is 4.79 Å². The molecule has 0 saturated carbocycles. The predicted octanol–water partition coefficient (Wildman–Crippen LogP) is 3.32. The van der Waals surface area contributed by atoms with Crippen LogP contribution in [-0.2, 0) is 4.74 Å². The Morgan fingerprint density at radius 3 is 2.62 bits per heavy atom. The van der Waals surface area contributed by atoms with Gasteiger partial charge in [-0.05, 0) is 42.8 Å². The van der Waals surface area contributed by atoms with Crippen LogP contribution in [0.4, 0.5) is 19.3 Å². The SMILES string of the molecule is COC(=O)NC1COc2c(C(=O)Nc3ccc(F)c(C)c3)ccc(F)c21. The number of hydrogen-bond donors (Lipinski definition) is 2. The molecule has 0 bridgehead atoms. The first kappa shape index (κ1) is 17.7. The van der Waals surface area contributed by atoms with E-state index in [2.05, 4.69) is 15.4 Å². The highest BCUT2D eigenvalue weighted by molar-refractivity contribution is 6.06. The topological polar surface area (TPSA) is 76.7 Å². The maximum Gasteiger partial charge on any atom is 0.407 e. The zero-order valence-corrected chi connectivity index (χ0v) is 14.1. The number of alkyl carbamates (subject to hydrolysis) is 1. The summed E-state index contributed by atoms with van der Waals surface area (Å²) in [7, 11) is 1.19. The molecule has 0 saturated heterocycles. The number of aryl methyl sites for hydroxylation is 1. The van der Waals surface area contributed by atoms with Crippen molar-refractivity contribution in [1.82, 2.24) is 5.32 Å². The lowest BCUT2D eigenvalue weighted by Crippen LogP contribution is -2.29. The van der Waals surface area contributed by atoms with Gasteiger partial charge in [0, 0.05) is 5.69 Å². The minimum absolute atomic E-state index is 0.0265. The van der Waals surface area contributed by atoms with Crippen molar-refractivity contribution in [1.29, 1.82) is 0 Å². The number of halogens is 2. The van der Waals surface area contributed by atoms with E-state index in [1.807, 2.05) is 0 Å². The molecule has 0 fully saturated rings.